The first kappa shape index (κ1) is 14.8. The fourth-order valence-corrected chi connectivity index (χ4v) is 1.58. The van der Waals surface area contributed by atoms with Crippen LogP contribution in [0.4, 0.5) is 17.6 Å². The number of halogens is 4. The lowest BCUT2D eigenvalue weighted by Crippen LogP contribution is -2.16. The molecule has 1 heterocycles. The van der Waals surface area contributed by atoms with Crippen LogP contribution in [0.15, 0.2) is 36.4 Å². The summed E-state index contributed by atoms with van der Waals surface area (Å²) < 4.78 is 52.9. The number of rotatable bonds is 3. The number of aromatic carboxylic acids is 1. The lowest BCUT2D eigenvalue weighted by molar-refractivity contribution is -0.274. The molecule has 0 spiro atoms. The number of carboxylic acid groups (broad SMARTS) is 1. The number of carboxylic acids is 1. The van der Waals surface area contributed by atoms with Crippen LogP contribution in [-0.2, 0) is 0 Å². The minimum Gasteiger partial charge on any atom is -0.476 e. The summed E-state index contributed by atoms with van der Waals surface area (Å²) >= 11 is 0. The molecule has 0 aliphatic rings. The Morgan fingerprint density at radius 1 is 1.10 bits per heavy atom. The number of pyridine rings is 1. The second-order valence-corrected chi connectivity index (χ2v) is 3.90. The van der Waals surface area contributed by atoms with Gasteiger partial charge in [-0.1, -0.05) is 0 Å². The molecule has 0 aliphatic heterocycles. The SMILES string of the molecule is O=C(O)c1nc(-c2ccc(OC(F)(F)F)cc2)ccc1F. The third kappa shape index (κ3) is 3.68. The van der Waals surface area contributed by atoms with E-state index in [-0.39, 0.29) is 5.69 Å². The molecule has 21 heavy (non-hydrogen) atoms. The maximum atomic E-state index is 13.2. The van der Waals surface area contributed by atoms with E-state index in [0.29, 0.717) is 5.56 Å². The molecule has 110 valence electrons. The number of ether oxygens (including phenoxy) is 1. The average Bonchev–Trinajstić information content (AvgIpc) is 2.38. The van der Waals surface area contributed by atoms with Crippen LogP contribution in [0.3, 0.4) is 0 Å². The van der Waals surface area contributed by atoms with E-state index in [1.807, 2.05) is 0 Å². The second kappa shape index (κ2) is 5.39. The summed E-state index contributed by atoms with van der Waals surface area (Å²) in [6.07, 6.45) is -4.80. The Balaban J connectivity index is 2.31. The van der Waals surface area contributed by atoms with Crippen LogP contribution in [0.5, 0.6) is 5.75 Å². The molecule has 1 N–H and O–H groups in total. The number of aromatic nitrogens is 1. The number of alkyl halides is 3. The van der Waals surface area contributed by atoms with Crippen LogP contribution in [0.25, 0.3) is 11.3 Å². The molecule has 1 aromatic heterocycles. The van der Waals surface area contributed by atoms with Crippen LogP contribution in [0.1, 0.15) is 10.5 Å². The molecular formula is C13H7F4NO3. The minimum absolute atomic E-state index is 0.118. The van der Waals surface area contributed by atoms with Crippen molar-refractivity contribution in [2.75, 3.05) is 0 Å². The molecule has 2 rings (SSSR count). The van der Waals surface area contributed by atoms with Crippen LogP contribution >= 0.6 is 0 Å². The van der Waals surface area contributed by atoms with E-state index in [9.17, 15) is 22.4 Å². The first-order valence-corrected chi connectivity index (χ1v) is 5.52. The highest BCUT2D eigenvalue weighted by Crippen LogP contribution is 2.26. The minimum atomic E-state index is -4.80. The Morgan fingerprint density at radius 2 is 1.71 bits per heavy atom. The van der Waals surface area contributed by atoms with E-state index in [2.05, 4.69) is 9.72 Å². The topological polar surface area (TPSA) is 59.4 Å². The van der Waals surface area contributed by atoms with Gasteiger partial charge in [-0.15, -0.1) is 13.2 Å². The van der Waals surface area contributed by atoms with Gasteiger partial charge < -0.3 is 9.84 Å². The van der Waals surface area contributed by atoms with E-state index < -0.39 is 29.6 Å². The number of hydrogen-bond acceptors (Lipinski definition) is 3. The second-order valence-electron chi connectivity index (χ2n) is 3.90. The number of nitrogens with zero attached hydrogens (tertiary/aromatic N) is 1. The van der Waals surface area contributed by atoms with E-state index in [0.717, 1.165) is 18.2 Å². The molecule has 0 saturated carbocycles. The highest BCUT2D eigenvalue weighted by atomic mass is 19.4. The number of benzene rings is 1. The standard InChI is InChI=1S/C13H7F4NO3/c14-9-5-6-10(18-11(9)12(19)20)7-1-3-8(4-2-7)21-13(15,16)17/h1-6H,(H,19,20). The molecule has 0 radical (unpaired) electrons. The van der Waals surface area contributed by atoms with Gasteiger partial charge in [0.2, 0.25) is 0 Å². The van der Waals surface area contributed by atoms with Gasteiger partial charge in [-0.2, -0.15) is 0 Å². The summed E-state index contributed by atoms with van der Waals surface area (Å²) in [4.78, 5) is 14.4. The Hall–Kier alpha value is -2.64. The van der Waals surface area contributed by atoms with Gasteiger partial charge in [-0.25, -0.2) is 14.2 Å². The van der Waals surface area contributed by atoms with E-state index in [4.69, 9.17) is 5.11 Å². The smallest absolute Gasteiger partial charge is 0.476 e. The molecule has 0 aliphatic carbocycles. The van der Waals surface area contributed by atoms with Gasteiger partial charge in [0.25, 0.3) is 0 Å². The molecular weight excluding hydrogens is 294 g/mol. The molecule has 0 saturated heterocycles. The zero-order valence-corrected chi connectivity index (χ0v) is 10.2. The highest BCUT2D eigenvalue weighted by molar-refractivity contribution is 5.86. The normalized spacial score (nSPS) is 11.2. The zero-order valence-electron chi connectivity index (χ0n) is 10.2. The maximum absolute atomic E-state index is 13.2. The van der Waals surface area contributed by atoms with Crippen molar-refractivity contribution in [1.29, 1.82) is 0 Å². The van der Waals surface area contributed by atoms with Crippen molar-refractivity contribution in [3.8, 4) is 17.0 Å². The van der Waals surface area contributed by atoms with Gasteiger partial charge in [0.15, 0.2) is 11.5 Å². The van der Waals surface area contributed by atoms with Crippen LogP contribution < -0.4 is 4.74 Å². The zero-order chi connectivity index (χ0) is 15.6. The first-order valence-electron chi connectivity index (χ1n) is 5.52. The van der Waals surface area contributed by atoms with Crippen molar-refractivity contribution < 1.29 is 32.2 Å². The predicted octanol–water partition coefficient (Wildman–Crippen LogP) is 3.48. The molecule has 1 aromatic carbocycles. The van der Waals surface area contributed by atoms with Crippen molar-refractivity contribution in [3.05, 3.63) is 47.9 Å². The molecule has 0 bridgehead atoms. The van der Waals surface area contributed by atoms with Gasteiger partial charge >= 0.3 is 12.3 Å². The third-order valence-electron chi connectivity index (χ3n) is 2.43. The Labute approximate surface area is 115 Å². The summed E-state index contributed by atoms with van der Waals surface area (Å²) in [6, 6.07) is 6.76. The van der Waals surface area contributed by atoms with E-state index in [1.165, 1.54) is 18.2 Å². The Bertz CT molecular complexity index is 668. The van der Waals surface area contributed by atoms with Crippen molar-refractivity contribution >= 4 is 5.97 Å². The van der Waals surface area contributed by atoms with Gasteiger partial charge in [0, 0.05) is 5.56 Å². The van der Waals surface area contributed by atoms with Crippen molar-refractivity contribution in [2.24, 2.45) is 0 Å². The van der Waals surface area contributed by atoms with Gasteiger partial charge in [0.1, 0.15) is 5.75 Å². The summed E-state index contributed by atoms with van der Waals surface area (Å²) in [5, 5.41) is 8.76. The van der Waals surface area contributed by atoms with Crippen LogP contribution in [0, 0.1) is 5.82 Å². The highest BCUT2D eigenvalue weighted by Gasteiger charge is 2.31. The fourth-order valence-electron chi connectivity index (χ4n) is 1.58. The molecule has 0 unspecified atom stereocenters. The summed E-state index contributed by atoms with van der Waals surface area (Å²) in [6.45, 7) is 0. The largest absolute Gasteiger partial charge is 0.573 e. The lowest BCUT2D eigenvalue weighted by Gasteiger charge is -2.09. The number of hydrogen-bond donors (Lipinski definition) is 1. The van der Waals surface area contributed by atoms with E-state index >= 15 is 0 Å². The monoisotopic (exact) mass is 301 g/mol. The Morgan fingerprint density at radius 3 is 2.24 bits per heavy atom. The van der Waals surface area contributed by atoms with Crippen molar-refractivity contribution in [2.45, 2.75) is 6.36 Å². The van der Waals surface area contributed by atoms with E-state index in [1.54, 1.807) is 0 Å². The maximum Gasteiger partial charge on any atom is 0.573 e. The fraction of sp³-hybridized carbons (Fsp3) is 0.0769. The summed E-state index contributed by atoms with van der Waals surface area (Å²) in [5.41, 5.74) is -0.317. The summed E-state index contributed by atoms with van der Waals surface area (Å²) in [7, 11) is 0. The quantitative estimate of drug-likeness (QED) is 0.882. The molecule has 4 nitrogen and oxygen atoms in total. The van der Waals surface area contributed by atoms with Crippen molar-refractivity contribution in [1.82, 2.24) is 4.98 Å². The van der Waals surface area contributed by atoms with Crippen LogP contribution in [-0.4, -0.2) is 22.4 Å². The van der Waals surface area contributed by atoms with Crippen LogP contribution in [0.2, 0.25) is 0 Å². The average molecular weight is 301 g/mol. The first-order chi connectivity index (χ1) is 9.76. The molecule has 2 aromatic rings. The number of carbonyl (C=O) groups is 1. The van der Waals surface area contributed by atoms with Crippen molar-refractivity contribution in [3.63, 3.8) is 0 Å². The molecule has 8 heteroatoms. The molecule has 0 amide bonds. The molecule has 0 fully saturated rings. The Kier molecular flexibility index (Phi) is 3.79. The third-order valence-corrected chi connectivity index (χ3v) is 2.43. The van der Waals surface area contributed by atoms with Gasteiger partial charge in [-0.05, 0) is 36.4 Å². The van der Waals surface area contributed by atoms with Gasteiger partial charge in [0.05, 0.1) is 5.69 Å². The lowest BCUT2D eigenvalue weighted by atomic mass is 10.1. The predicted molar refractivity (Wildman–Crippen MR) is 63.3 cm³/mol. The summed E-state index contributed by atoms with van der Waals surface area (Å²) in [5.74, 6) is -2.96. The molecule has 0 atom stereocenters. The van der Waals surface area contributed by atoms with Gasteiger partial charge in [-0.3, -0.25) is 0 Å².